The predicted molar refractivity (Wildman–Crippen MR) is 137 cm³/mol. The lowest BCUT2D eigenvalue weighted by atomic mass is 9.98. The Morgan fingerprint density at radius 2 is 1.06 bits per heavy atom. The SMILES string of the molecule is CCN(CC)CCCC(=O)c1ccc2c(c1)Cc1cc(C(=O)CCCN(CC)CC)ccc1-2. The van der Waals surface area contributed by atoms with E-state index in [1.807, 2.05) is 12.1 Å². The number of benzene rings is 2. The van der Waals surface area contributed by atoms with E-state index in [4.69, 9.17) is 0 Å². The molecule has 0 aromatic heterocycles. The van der Waals surface area contributed by atoms with Gasteiger partial charge in [0.15, 0.2) is 11.6 Å². The van der Waals surface area contributed by atoms with E-state index in [0.29, 0.717) is 12.8 Å². The zero-order chi connectivity index (χ0) is 23.8. The van der Waals surface area contributed by atoms with E-state index in [-0.39, 0.29) is 11.6 Å². The first-order chi connectivity index (χ1) is 16.0. The molecule has 2 aromatic carbocycles. The highest BCUT2D eigenvalue weighted by Gasteiger charge is 2.21. The van der Waals surface area contributed by atoms with Crippen LogP contribution in [0.3, 0.4) is 0 Å². The lowest BCUT2D eigenvalue weighted by molar-refractivity contribution is 0.0967. The smallest absolute Gasteiger partial charge is 0.162 e. The molecule has 3 rings (SSSR count). The van der Waals surface area contributed by atoms with Gasteiger partial charge in [0.2, 0.25) is 0 Å². The van der Waals surface area contributed by atoms with Crippen LogP contribution in [0.15, 0.2) is 36.4 Å². The third-order valence-corrected chi connectivity index (χ3v) is 7.07. The van der Waals surface area contributed by atoms with Crippen molar-refractivity contribution < 1.29 is 9.59 Å². The maximum Gasteiger partial charge on any atom is 0.162 e. The van der Waals surface area contributed by atoms with Crippen molar-refractivity contribution in [3.63, 3.8) is 0 Å². The maximum atomic E-state index is 12.7. The molecule has 4 heteroatoms. The second-order valence-electron chi connectivity index (χ2n) is 9.03. The standard InChI is InChI=1S/C29H40N2O2/c1-5-30(6-2)17-9-11-28(32)22-13-15-26-24(19-22)21-25-20-23(14-16-27(25)26)29(33)12-10-18-31(7-3)8-4/h13-16,19-20H,5-12,17-18,21H2,1-4H3. The molecule has 4 nitrogen and oxygen atoms in total. The zero-order valence-corrected chi connectivity index (χ0v) is 21.0. The molecule has 33 heavy (non-hydrogen) atoms. The van der Waals surface area contributed by atoms with Crippen LogP contribution in [-0.4, -0.2) is 60.6 Å². The number of Topliss-reactive ketones (excluding diaryl/α,β-unsaturated/α-hetero) is 2. The van der Waals surface area contributed by atoms with Gasteiger partial charge in [-0.3, -0.25) is 9.59 Å². The number of ketones is 2. The van der Waals surface area contributed by atoms with Crippen LogP contribution in [0.25, 0.3) is 11.1 Å². The highest BCUT2D eigenvalue weighted by Crippen LogP contribution is 2.37. The molecule has 0 N–H and O–H groups in total. The number of fused-ring (bicyclic) bond motifs is 3. The van der Waals surface area contributed by atoms with Gasteiger partial charge in [-0.05, 0) is 92.9 Å². The van der Waals surface area contributed by atoms with Gasteiger partial charge in [0, 0.05) is 24.0 Å². The topological polar surface area (TPSA) is 40.6 Å². The first-order valence-corrected chi connectivity index (χ1v) is 12.8. The van der Waals surface area contributed by atoms with Crippen LogP contribution in [0.5, 0.6) is 0 Å². The van der Waals surface area contributed by atoms with E-state index >= 15 is 0 Å². The number of hydrogen-bond donors (Lipinski definition) is 0. The van der Waals surface area contributed by atoms with Crippen molar-refractivity contribution in [3.8, 4) is 11.1 Å². The van der Waals surface area contributed by atoms with Crippen molar-refractivity contribution in [2.45, 2.75) is 59.8 Å². The van der Waals surface area contributed by atoms with Crippen LogP contribution in [0, 0.1) is 0 Å². The summed E-state index contributed by atoms with van der Waals surface area (Å²) < 4.78 is 0. The average Bonchev–Trinajstić information content (AvgIpc) is 3.21. The Bertz CT molecular complexity index is 881. The third kappa shape index (κ3) is 6.39. The lowest BCUT2D eigenvalue weighted by Crippen LogP contribution is -2.24. The average molecular weight is 449 g/mol. The number of carbonyl (C=O) groups excluding carboxylic acids is 2. The van der Waals surface area contributed by atoms with Gasteiger partial charge in [-0.25, -0.2) is 0 Å². The quantitative estimate of drug-likeness (QED) is 0.289. The molecule has 0 amide bonds. The molecule has 178 valence electrons. The number of hydrogen-bond acceptors (Lipinski definition) is 4. The molecule has 0 saturated carbocycles. The lowest BCUT2D eigenvalue weighted by Gasteiger charge is -2.17. The first kappa shape index (κ1) is 25.3. The van der Waals surface area contributed by atoms with Crippen LogP contribution >= 0.6 is 0 Å². The van der Waals surface area contributed by atoms with E-state index < -0.39 is 0 Å². The third-order valence-electron chi connectivity index (χ3n) is 7.07. The van der Waals surface area contributed by atoms with Gasteiger partial charge in [-0.15, -0.1) is 0 Å². The van der Waals surface area contributed by atoms with Crippen LogP contribution < -0.4 is 0 Å². The molecule has 0 fully saturated rings. The molecule has 0 atom stereocenters. The Morgan fingerprint density at radius 1 is 0.667 bits per heavy atom. The van der Waals surface area contributed by atoms with Crippen molar-refractivity contribution in [2.75, 3.05) is 39.3 Å². The van der Waals surface area contributed by atoms with Gasteiger partial charge in [0.05, 0.1) is 0 Å². The summed E-state index contributed by atoms with van der Waals surface area (Å²) >= 11 is 0. The summed E-state index contributed by atoms with van der Waals surface area (Å²) in [6, 6.07) is 12.3. The highest BCUT2D eigenvalue weighted by molar-refractivity contribution is 5.99. The monoisotopic (exact) mass is 448 g/mol. The van der Waals surface area contributed by atoms with Crippen molar-refractivity contribution >= 4 is 11.6 Å². The molecule has 2 aromatic rings. The normalized spacial score (nSPS) is 12.3. The maximum absolute atomic E-state index is 12.7. The van der Waals surface area contributed by atoms with E-state index in [1.54, 1.807) is 0 Å². The second-order valence-corrected chi connectivity index (χ2v) is 9.03. The molecule has 1 aliphatic carbocycles. The summed E-state index contributed by atoms with van der Waals surface area (Å²) in [6.45, 7) is 14.7. The number of rotatable bonds is 14. The predicted octanol–water partition coefficient (Wildman–Crippen LogP) is 5.87. The Kier molecular flexibility index (Phi) is 9.40. The number of nitrogens with zero attached hydrogens (tertiary/aromatic N) is 2. The van der Waals surface area contributed by atoms with Crippen molar-refractivity contribution in [3.05, 3.63) is 58.7 Å². The fourth-order valence-corrected chi connectivity index (χ4v) is 4.85. The van der Waals surface area contributed by atoms with Crippen LogP contribution in [0.4, 0.5) is 0 Å². The summed E-state index contributed by atoms with van der Waals surface area (Å²) in [7, 11) is 0. The summed E-state index contributed by atoms with van der Waals surface area (Å²) in [6.07, 6.45) is 3.78. The molecule has 0 saturated heterocycles. The van der Waals surface area contributed by atoms with Crippen molar-refractivity contribution in [1.82, 2.24) is 9.80 Å². The Balaban J connectivity index is 1.61. The summed E-state index contributed by atoms with van der Waals surface area (Å²) in [5.74, 6) is 0.454. The minimum Gasteiger partial charge on any atom is -0.304 e. The summed E-state index contributed by atoms with van der Waals surface area (Å²) in [5, 5.41) is 0. The highest BCUT2D eigenvalue weighted by atomic mass is 16.1. The van der Waals surface area contributed by atoms with Crippen LogP contribution in [0.1, 0.15) is 85.2 Å². The van der Waals surface area contributed by atoms with Crippen LogP contribution in [-0.2, 0) is 6.42 Å². The van der Waals surface area contributed by atoms with Gasteiger partial charge < -0.3 is 9.80 Å². The first-order valence-electron chi connectivity index (χ1n) is 12.8. The van der Waals surface area contributed by atoms with Gasteiger partial charge in [-0.1, -0.05) is 52.0 Å². The molecular formula is C29H40N2O2. The molecule has 0 heterocycles. The molecule has 0 unspecified atom stereocenters. The Morgan fingerprint density at radius 3 is 1.42 bits per heavy atom. The molecule has 1 aliphatic rings. The fraction of sp³-hybridized carbons (Fsp3) is 0.517. The molecule has 0 bridgehead atoms. The molecule has 0 radical (unpaired) electrons. The molecular weight excluding hydrogens is 408 g/mol. The van der Waals surface area contributed by atoms with Gasteiger partial charge >= 0.3 is 0 Å². The zero-order valence-electron chi connectivity index (χ0n) is 21.0. The second kappa shape index (κ2) is 12.2. The van der Waals surface area contributed by atoms with E-state index in [1.165, 1.54) is 22.3 Å². The fourth-order valence-electron chi connectivity index (χ4n) is 4.85. The number of carbonyl (C=O) groups is 2. The largest absolute Gasteiger partial charge is 0.304 e. The van der Waals surface area contributed by atoms with Gasteiger partial charge in [-0.2, -0.15) is 0 Å². The molecule has 0 aliphatic heterocycles. The minimum absolute atomic E-state index is 0.227. The van der Waals surface area contributed by atoms with E-state index in [0.717, 1.165) is 69.7 Å². The van der Waals surface area contributed by atoms with Crippen LogP contribution in [0.2, 0.25) is 0 Å². The van der Waals surface area contributed by atoms with E-state index in [2.05, 4.69) is 61.8 Å². The molecule has 0 spiro atoms. The summed E-state index contributed by atoms with van der Waals surface area (Å²) in [5.41, 5.74) is 6.43. The summed E-state index contributed by atoms with van der Waals surface area (Å²) in [4.78, 5) is 30.2. The van der Waals surface area contributed by atoms with Gasteiger partial charge in [0.1, 0.15) is 0 Å². The van der Waals surface area contributed by atoms with Crippen molar-refractivity contribution in [2.24, 2.45) is 0 Å². The van der Waals surface area contributed by atoms with Gasteiger partial charge in [0.25, 0.3) is 0 Å². The van der Waals surface area contributed by atoms with Crippen molar-refractivity contribution in [1.29, 1.82) is 0 Å². The Labute approximate surface area is 200 Å². The van der Waals surface area contributed by atoms with E-state index in [9.17, 15) is 9.59 Å². The Hall–Kier alpha value is -2.30. The minimum atomic E-state index is 0.227.